The number of nitrogens with one attached hydrogen (secondary N) is 2. The molecule has 0 aliphatic heterocycles. The van der Waals surface area contributed by atoms with Crippen LogP contribution in [0.5, 0.6) is 0 Å². The quantitative estimate of drug-likeness (QED) is 0.290. The number of halogens is 3. The van der Waals surface area contributed by atoms with E-state index in [1.807, 2.05) is 13.8 Å². The molecule has 4 nitrogen and oxygen atoms in total. The molecular weight excluding hydrogens is 403 g/mol. The molecule has 7 heteroatoms. The Bertz CT molecular complexity index is 438. The highest BCUT2D eigenvalue weighted by molar-refractivity contribution is 14.0. The maximum atomic E-state index is 13.5. The van der Waals surface area contributed by atoms with Crippen LogP contribution >= 0.6 is 24.0 Å². The van der Waals surface area contributed by atoms with Crippen LogP contribution in [0.25, 0.3) is 0 Å². The second-order valence-corrected chi connectivity index (χ2v) is 4.33. The molecule has 2 N–H and O–H groups in total. The maximum absolute atomic E-state index is 13.5. The van der Waals surface area contributed by atoms with Gasteiger partial charge in [0.1, 0.15) is 11.6 Å². The van der Waals surface area contributed by atoms with Crippen molar-refractivity contribution in [3.8, 4) is 0 Å². The van der Waals surface area contributed by atoms with E-state index in [4.69, 9.17) is 4.74 Å². The van der Waals surface area contributed by atoms with E-state index in [0.29, 0.717) is 38.8 Å². The van der Waals surface area contributed by atoms with Gasteiger partial charge in [-0.25, -0.2) is 8.78 Å². The molecule has 0 aliphatic carbocycles. The summed E-state index contributed by atoms with van der Waals surface area (Å²) in [6.45, 7) is 6.75. The largest absolute Gasteiger partial charge is 0.380 e. The van der Waals surface area contributed by atoms with Crippen LogP contribution in [0.15, 0.2) is 23.2 Å². The fourth-order valence-electron chi connectivity index (χ4n) is 1.79. The predicted octanol–water partition coefficient (Wildman–Crippen LogP) is 2.72. The number of benzene rings is 1. The molecule has 0 aliphatic rings. The van der Waals surface area contributed by atoms with Gasteiger partial charge in [0.2, 0.25) is 0 Å². The zero-order valence-corrected chi connectivity index (χ0v) is 15.3. The SMILES string of the molecule is CCNC(=NCCOCC)NCCc1c(F)cccc1F.I. The highest BCUT2D eigenvalue weighted by Gasteiger charge is 2.08. The first kappa shape index (κ1) is 21.0. The minimum absolute atomic E-state index is 0. The molecule has 0 fully saturated rings. The third kappa shape index (κ3) is 7.88. The molecule has 0 amide bonds. The number of aliphatic imine (C=N–C) groups is 1. The van der Waals surface area contributed by atoms with Crippen LogP contribution in [0, 0.1) is 11.6 Å². The summed E-state index contributed by atoms with van der Waals surface area (Å²) in [6.07, 6.45) is 0.258. The summed E-state index contributed by atoms with van der Waals surface area (Å²) in [5.41, 5.74) is 0.0927. The fourth-order valence-corrected chi connectivity index (χ4v) is 1.79. The topological polar surface area (TPSA) is 45.7 Å². The standard InChI is InChI=1S/C15H23F2N3O.HI/c1-3-18-15(20-10-11-21-4-2)19-9-8-12-13(16)6-5-7-14(12)17;/h5-7H,3-4,8-11H2,1-2H3,(H2,18,19,20);1H. The lowest BCUT2D eigenvalue weighted by Crippen LogP contribution is -2.38. The van der Waals surface area contributed by atoms with E-state index in [2.05, 4.69) is 15.6 Å². The Hall–Kier alpha value is -0.960. The van der Waals surface area contributed by atoms with Gasteiger partial charge in [-0.15, -0.1) is 24.0 Å². The number of rotatable bonds is 8. The van der Waals surface area contributed by atoms with Gasteiger partial charge in [0.15, 0.2) is 5.96 Å². The molecule has 0 bridgehead atoms. The number of hydrogen-bond donors (Lipinski definition) is 2. The molecule has 22 heavy (non-hydrogen) atoms. The van der Waals surface area contributed by atoms with Crippen LogP contribution in [0.2, 0.25) is 0 Å². The third-order valence-corrected chi connectivity index (χ3v) is 2.78. The summed E-state index contributed by atoms with van der Waals surface area (Å²) >= 11 is 0. The van der Waals surface area contributed by atoms with Crippen molar-refractivity contribution in [1.29, 1.82) is 0 Å². The van der Waals surface area contributed by atoms with E-state index in [-0.39, 0.29) is 36.0 Å². The van der Waals surface area contributed by atoms with Crippen LogP contribution in [0.4, 0.5) is 8.78 Å². The van der Waals surface area contributed by atoms with Gasteiger partial charge in [-0.1, -0.05) is 6.07 Å². The van der Waals surface area contributed by atoms with Gasteiger partial charge in [0.05, 0.1) is 13.2 Å². The molecular formula is C15H24F2IN3O. The van der Waals surface area contributed by atoms with Crippen LogP contribution in [0.1, 0.15) is 19.4 Å². The molecule has 0 saturated heterocycles. The van der Waals surface area contributed by atoms with Crippen molar-refractivity contribution in [3.05, 3.63) is 35.4 Å². The lowest BCUT2D eigenvalue weighted by atomic mass is 10.1. The number of guanidine groups is 1. The van der Waals surface area contributed by atoms with E-state index in [9.17, 15) is 8.78 Å². The smallest absolute Gasteiger partial charge is 0.191 e. The van der Waals surface area contributed by atoms with Crippen LogP contribution in [0.3, 0.4) is 0 Å². The molecule has 0 heterocycles. The molecule has 1 aromatic rings. The first-order chi connectivity index (χ1) is 10.2. The predicted molar refractivity (Wildman–Crippen MR) is 96.0 cm³/mol. The van der Waals surface area contributed by atoms with E-state index in [1.54, 1.807) is 0 Å². The highest BCUT2D eigenvalue weighted by Crippen LogP contribution is 2.11. The Morgan fingerprint density at radius 2 is 1.86 bits per heavy atom. The first-order valence-electron chi connectivity index (χ1n) is 7.21. The summed E-state index contributed by atoms with van der Waals surface area (Å²) in [5.74, 6) is -0.417. The second-order valence-electron chi connectivity index (χ2n) is 4.33. The normalized spacial score (nSPS) is 11.0. The Morgan fingerprint density at radius 3 is 2.45 bits per heavy atom. The summed E-state index contributed by atoms with van der Waals surface area (Å²) < 4.78 is 32.2. The van der Waals surface area contributed by atoms with Gasteiger partial charge < -0.3 is 15.4 Å². The number of nitrogens with zero attached hydrogens (tertiary/aromatic N) is 1. The second kappa shape index (κ2) is 12.6. The van der Waals surface area contributed by atoms with Crippen molar-refractivity contribution in [2.45, 2.75) is 20.3 Å². The van der Waals surface area contributed by atoms with Crippen molar-refractivity contribution in [2.75, 3.05) is 32.8 Å². The molecule has 0 unspecified atom stereocenters. The Labute approximate surface area is 147 Å². The van der Waals surface area contributed by atoms with E-state index in [1.165, 1.54) is 18.2 Å². The average Bonchev–Trinajstić information content (AvgIpc) is 2.46. The zero-order chi connectivity index (χ0) is 15.5. The fraction of sp³-hybridized carbons (Fsp3) is 0.533. The minimum Gasteiger partial charge on any atom is -0.380 e. The molecule has 0 aromatic heterocycles. The summed E-state index contributed by atoms with van der Waals surface area (Å²) in [6, 6.07) is 3.89. The molecule has 0 radical (unpaired) electrons. The van der Waals surface area contributed by atoms with Gasteiger partial charge >= 0.3 is 0 Å². The van der Waals surface area contributed by atoms with Gasteiger partial charge in [0.25, 0.3) is 0 Å². The van der Waals surface area contributed by atoms with Crippen molar-refractivity contribution in [2.24, 2.45) is 4.99 Å². The highest BCUT2D eigenvalue weighted by atomic mass is 127. The Balaban J connectivity index is 0.00000441. The van der Waals surface area contributed by atoms with Gasteiger partial charge in [-0.3, -0.25) is 4.99 Å². The summed E-state index contributed by atoms with van der Waals surface area (Å²) in [7, 11) is 0. The monoisotopic (exact) mass is 427 g/mol. The minimum atomic E-state index is -0.518. The van der Waals surface area contributed by atoms with Gasteiger partial charge in [-0.05, 0) is 32.4 Å². The molecule has 1 rings (SSSR count). The van der Waals surface area contributed by atoms with Crippen LogP contribution in [-0.2, 0) is 11.2 Å². The lowest BCUT2D eigenvalue weighted by molar-refractivity contribution is 0.155. The average molecular weight is 427 g/mol. The summed E-state index contributed by atoms with van der Waals surface area (Å²) in [4.78, 5) is 4.31. The van der Waals surface area contributed by atoms with E-state index in [0.717, 1.165) is 0 Å². The van der Waals surface area contributed by atoms with Crippen LogP contribution < -0.4 is 10.6 Å². The van der Waals surface area contributed by atoms with E-state index < -0.39 is 11.6 Å². The lowest BCUT2D eigenvalue weighted by Gasteiger charge is -2.12. The number of ether oxygens (including phenoxy) is 1. The van der Waals surface area contributed by atoms with Crippen molar-refractivity contribution >= 4 is 29.9 Å². The molecule has 0 spiro atoms. The molecule has 0 atom stereocenters. The van der Waals surface area contributed by atoms with Crippen LogP contribution in [-0.4, -0.2) is 38.8 Å². The van der Waals surface area contributed by atoms with Gasteiger partial charge in [0, 0.05) is 25.3 Å². The van der Waals surface area contributed by atoms with Crippen molar-refractivity contribution < 1.29 is 13.5 Å². The van der Waals surface area contributed by atoms with Gasteiger partial charge in [-0.2, -0.15) is 0 Å². The Morgan fingerprint density at radius 1 is 1.18 bits per heavy atom. The third-order valence-electron chi connectivity index (χ3n) is 2.78. The molecule has 1 aromatic carbocycles. The number of hydrogen-bond acceptors (Lipinski definition) is 2. The summed E-state index contributed by atoms with van der Waals surface area (Å²) in [5, 5.41) is 6.12. The van der Waals surface area contributed by atoms with E-state index >= 15 is 0 Å². The Kier molecular flexibility index (Phi) is 12.0. The molecule has 126 valence electrons. The zero-order valence-electron chi connectivity index (χ0n) is 13.0. The van der Waals surface area contributed by atoms with Crippen molar-refractivity contribution in [3.63, 3.8) is 0 Å². The first-order valence-corrected chi connectivity index (χ1v) is 7.21. The maximum Gasteiger partial charge on any atom is 0.191 e. The molecule has 0 saturated carbocycles. The van der Waals surface area contributed by atoms with Crippen molar-refractivity contribution in [1.82, 2.24) is 10.6 Å².